The Morgan fingerprint density at radius 2 is 2.11 bits per heavy atom. The van der Waals surface area contributed by atoms with Crippen LogP contribution in [0.2, 0.25) is 0 Å². The van der Waals surface area contributed by atoms with Crippen LogP contribution >= 0.6 is 0 Å². The molecule has 194 valence electrons. The van der Waals surface area contributed by atoms with Gasteiger partial charge in [-0.3, -0.25) is 9.98 Å². The van der Waals surface area contributed by atoms with Gasteiger partial charge < -0.3 is 20.8 Å². The van der Waals surface area contributed by atoms with E-state index in [1.54, 1.807) is 18.3 Å². The average molecular weight is 503 g/mol. The minimum absolute atomic E-state index is 0.0260. The zero-order valence-corrected chi connectivity index (χ0v) is 20.5. The van der Waals surface area contributed by atoms with Crippen molar-refractivity contribution < 1.29 is 17.9 Å². The summed E-state index contributed by atoms with van der Waals surface area (Å²) in [5, 5.41) is 7.25. The van der Waals surface area contributed by atoms with E-state index < -0.39 is 12.6 Å². The van der Waals surface area contributed by atoms with Crippen LogP contribution in [0.15, 0.2) is 52.7 Å². The van der Waals surface area contributed by atoms with Crippen molar-refractivity contribution >= 4 is 17.6 Å². The minimum atomic E-state index is -4.37. The molecule has 1 aromatic heterocycles. The van der Waals surface area contributed by atoms with Crippen molar-refractivity contribution in [2.75, 3.05) is 31.1 Å². The monoisotopic (exact) mass is 502 g/mol. The average Bonchev–Trinajstić information content (AvgIpc) is 2.84. The van der Waals surface area contributed by atoms with Crippen LogP contribution in [-0.2, 0) is 17.7 Å². The number of anilines is 1. The lowest BCUT2D eigenvalue weighted by Gasteiger charge is -2.50. The maximum atomic E-state index is 13.4. The van der Waals surface area contributed by atoms with Gasteiger partial charge in [-0.2, -0.15) is 18.3 Å². The van der Waals surface area contributed by atoms with E-state index in [2.05, 4.69) is 32.2 Å². The van der Waals surface area contributed by atoms with Gasteiger partial charge in [0.15, 0.2) is 0 Å². The standard InChI is InChI=1S/C26H33F3N6O/c1-25(33-14-20-6-2-4-10-32-20)17-35(18-25)21-8-9-23(19(12-21)13-26(27,28)29)24(34-30)16-31-15-22-7-3-5-11-36-22/h2,4,6,8-10,12,16,22,33H,3,5,7,11,13-15,17-18,30H2,1H3/b31-16?,34-24+. The zero-order chi connectivity index (χ0) is 25.6. The Kier molecular flexibility index (Phi) is 8.25. The molecule has 0 amide bonds. The molecule has 7 nitrogen and oxygen atoms in total. The molecule has 2 aliphatic rings. The van der Waals surface area contributed by atoms with E-state index in [1.165, 1.54) is 6.21 Å². The molecule has 36 heavy (non-hydrogen) atoms. The predicted molar refractivity (Wildman–Crippen MR) is 136 cm³/mol. The lowest BCUT2D eigenvalue weighted by atomic mass is 9.90. The van der Waals surface area contributed by atoms with Crippen molar-refractivity contribution in [2.45, 2.75) is 57.0 Å². The Balaban J connectivity index is 1.44. The highest BCUT2D eigenvalue weighted by Gasteiger charge is 2.39. The molecular weight excluding hydrogens is 469 g/mol. The highest BCUT2D eigenvalue weighted by Crippen LogP contribution is 2.32. The number of nitrogens with zero attached hydrogens (tertiary/aromatic N) is 4. The summed E-state index contributed by atoms with van der Waals surface area (Å²) in [5.41, 5.74) is 2.21. The number of alkyl halides is 3. The molecule has 3 heterocycles. The minimum Gasteiger partial charge on any atom is -0.376 e. The van der Waals surface area contributed by atoms with Gasteiger partial charge in [0.1, 0.15) is 5.71 Å². The van der Waals surface area contributed by atoms with E-state index in [0.29, 0.717) is 38.3 Å². The van der Waals surface area contributed by atoms with Crippen molar-refractivity contribution in [3.8, 4) is 0 Å². The van der Waals surface area contributed by atoms with E-state index in [-0.39, 0.29) is 22.9 Å². The van der Waals surface area contributed by atoms with Crippen LogP contribution in [0.25, 0.3) is 0 Å². The van der Waals surface area contributed by atoms with Crippen LogP contribution in [0.5, 0.6) is 0 Å². The van der Waals surface area contributed by atoms with E-state index >= 15 is 0 Å². The van der Waals surface area contributed by atoms with Gasteiger partial charge in [0.2, 0.25) is 0 Å². The van der Waals surface area contributed by atoms with Crippen LogP contribution in [0, 0.1) is 0 Å². The first-order chi connectivity index (χ1) is 17.2. The first-order valence-corrected chi connectivity index (χ1v) is 12.2. The molecule has 1 aromatic carbocycles. The number of hydrogen-bond donors (Lipinski definition) is 2. The number of rotatable bonds is 9. The highest BCUT2D eigenvalue weighted by molar-refractivity contribution is 6.38. The largest absolute Gasteiger partial charge is 0.393 e. The molecule has 1 atom stereocenters. The van der Waals surface area contributed by atoms with E-state index in [1.807, 2.05) is 24.3 Å². The highest BCUT2D eigenvalue weighted by atomic mass is 19.4. The lowest BCUT2D eigenvalue weighted by Crippen LogP contribution is -2.67. The third-order valence-electron chi connectivity index (χ3n) is 6.56. The lowest BCUT2D eigenvalue weighted by molar-refractivity contribution is -0.127. The van der Waals surface area contributed by atoms with Gasteiger partial charge >= 0.3 is 6.18 Å². The van der Waals surface area contributed by atoms with Crippen molar-refractivity contribution in [2.24, 2.45) is 15.9 Å². The first kappa shape index (κ1) is 26.1. The fourth-order valence-electron chi connectivity index (χ4n) is 4.67. The molecule has 0 bridgehead atoms. The number of nitrogens with one attached hydrogen (secondary N) is 1. The van der Waals surface area contributed by atoms with Gasteiger partial charge in [-0.25, -0.2) is 0 Å². The van der Waals surface area contributed by atoms with Gasteiger partial charge in [-0.05, 0) is 56.0 Å². The molecule has 2 aliphatic heterocycles. The number of hydrazone groups is 1. The number of pyridine rings is 1. The van der Waals surface area contributed by atoms with Crippen molar-refractivity contribution in [1.82, 2.24) is 10.3 Å². The van der Waals surface area contributed by atoms with Crippen LogP contribution in [0.4, 0.5) is 18.9 Å². The molecule has 1 unspecified atom stereocenters. The predicted octanol–water partition coefficient (Wildman–Crippen LogP) is 3.86. The second-order valence-electron chi connectivity index (χ2n) is 9.72. The summed E-state index contributed by atoms with van der Waals surface area (Å²) in [7, 11) is 0. The third kappa shape index (κ3) is 7.04. The van der Waals surface area contributed by atoms with Gasteiger partial charge in [0.25, 0.3) is 0 Å². The van der Waals surface area contributed by atoms with Crippen molar-refractivity contribution in [3.63, 3.8) is 0 Å². The first-order valence-electron chi connectivity index (χ1n) is 12.2. The number of aromatic nitrogens is 1. The van der Waals surface area contributed by atoms with Gasteiger partial charge in [0.05, 0.1) is 30.3 Å². The second-order valence-corrected chi connectivity index (χ2v) is 9.72. The maximum Gasteiger partial charge on any atom is 0.393 e. The van der Waals surface area contributed by atoms with E-state index in [0.717, 1.165) is 30.6 Å². The quantitative estimate of drug-likeness (QED) is 0.309. The van der Waals surface area contributed by atoms with E-state index in [9.17, 15) is 13.2 Å². The Morgan fingerprint density at radius 3 is 2.78 bits per heavy atom. The molecule has 0 spiro atoms. The molecule has 0 aliphatic carbocycles. The summed E-state index contributed by atoms with van der Waals surface area (Å²) in [6, 6.07) is 10.8. The normalized spacial score (nSPS) is 20.5. The Morgan fingerprint density at radius 1 is 1.28 bits per heavy atom. The SMILES string of the molecule is CC1(NCc2ccccn2)CN(c2ccc(/C(C=NCC3CCCCO3)=N/N)c(CC(F)(F)F)c2)C1. The molecule has 0 saturated carbocycles. The summed E-state index contributed by atoms with van der Waals surface area (Å²) in [6.07, 6.45) is 0.844. The van der Waals surface area contributed by atoms with Crippen LogP contribution in [0.1, 0.15) is 43.0 Å². The molecule has 10 heteroatoms. The van der Waals surface area contributed by atoms with Gasteiger partial charge in [0, 0.05) is 49.9 Å². The Labute approximate surface area is 209 Å². The second kappa shape index (κ2) is 11.4. The number of aliphatic imine (C=N–C) groups is 1. The Bertz CT molecular complexity index is 1060. The molecule has 2 saturated heterocycles. The summed E-state index contributed by atoms with van der Waals surface area (Å²) < 4.78 is 46.0. The van der Waals surface area contributed by atoms with Gasteiger partial charge in [-0.15, -0.1) is 0 Å². The molecule has 2 aromatic rings. The topological polar surface area (TPSA) is 88.1 Å². The van der Waals surface area contributed by atoms with Crippen LogP contribution in [-0.4, -0.2) is 61.0 Å². The maximum absolute atomic E-state index is 13.4. The molecule has 4 rings (SSSR count). The molecular formula is C26H33F3N6O. The fourth-order valence-corrected chi connectivity index (χ4v) is 4.67. The number of halogens is 3. The number of nitrogens with two attached hydrogens (primary N) is 1. The molecule has 3 N–H and O–H groups in total. The fraction of sp³-hybridized carbons (Fsp3) is 0.500. The smallest absolute Gasteiger partial charge is 0.376 e. The van der Waals surface area contributed by atoms with Crippen molar-refractivity contribution in [3.05, 3.63) is 59.4 Å². The van der Waals surface area contributed by atoms with Crippen LogP contribution < -0.4 is 16.1 Å². The van der Waals surface area contributed by atoms with Gasteiger partial charge in [-0.1, -0.05) is 12.1 Å². The molecule has 0 radical (unpaired) electrons. The summed E-state index contributed by atoms with van der Waals surface area (Å²) >= 11 is 0. The number of ether oxygens (including phenoxy) is 1. The summed E-state index contributed by atoms with van der Waals surface area (Å²) in [6.45, 7) is 5.22. The summed E-state index contributed by atoms with van der Waals surface area (Å²) in [4.78, 5) is 10.7. The molecule has 2 fully saturated rings. The number of benzene rings is 1. The third-order valence-corrected chi connectivity index (χ3v) is 6.56. The summed E-state index contributed by atoms with van der Waals surface area (Å²) in [5.74, 6) is 5.57. The zero-order valence-electron chi connectivity index (χ0n) is 20.5. The van der Waals surface area contributed by atoms with Crippen molar-refractivity contribution in [1.29, 1.82) is 0 Å². The van der Waals surface area contributed by atoms with E-state index in [4.69, 9.17) is 10.6 Å². The Hall–Kier alpha value is -2.98. The van der Waals surface area contributed by atoms with Crippen LogP contribution in [0.3, 0.4) is 0 Å². The number of hydrogen-bond acceptors (Lipinski definition) is 7.